The number of likely N-dealkylation sites (tertiary alicyclic amines) is 1. The average Bonchev–Trinajstić information content (AvgIpc) is 3.48. The van der Waals surface area contributed by atoms with E-state index in [4.69, 9.17) is 9.40 Å². The number of hydrogen-bond acceptors (Lipinski definition) is 9. The Balaban J connectivity index is 1.35. The maximum Gasteiger partial charge on any atom is 0.420 e. The largest absolute Gasteiger partial charge is 0.434 e. The number of aryl methyl sites for hydroxylation is 1. The minimum Gasteiger partial charge on any atom is -0.434 e. The van der Waals surface area contributed by atoms with Gasteiger partial charge in [-0.3, -0.25) is 4.90 Å². The van der Waals surface area contributed by atoms with Crippen molar-refractivity contribution >= 4 is 16.9 Å². The second kappa shape index (κ2) is 12.6. The SMILES string of the molecule is C[C@H]1CCCN(Cc2cc(C(F)(F)F)c3oc(-c4cc(-c5cc(C#N)ccc5-c5nncn5C)cc(NCC5(CC#N)CC5)n4)nc3c2)C1. The number of nitrogens with zero attached hydrogens (tertiary/aromatic N) is 8. The lowest BCUT2D eigenvalue weighted by molar-refractivity contribution is -0.136. The van der Waals surface area contributed by atoms with E-state index in [2.05, 4.69) is 44.5 Å². The molecule has 13 heteroatoms. The molecule has 0 spiro atoms. The van der Waals surface area contributed by atoms with E-state index in [0.29, 0.717) is 64.9 Å². The van der Waals surface area contributed by atoms with Crippen LogP contribution in [-0.4, -0.2) is 49.3 Å². The number of piperidine rings is 1. The molecule has 1 saturated carbocycles. The zero-order valence-electron chi connectivity index (χ0n) is 27.2. The molecule has 0 bridgehead atoms. The summed E-state index contributed by atoms with van der Waals surface area (Å²) in [4.78, 5) is 11.5. The smallest absolute Gasteiger partial charge is 0.420 e. The van der Waals surface area contributed by atoms with Crippen LogP contribution in [0.4, 0.5) is 19.0 Å². The molecule has 0 amide bonds. The summed E-state index contributed by atoms with van der Waals surface area (Å²) in [5.41, 5.74) is 1.82. The first-order valence-corrected chi connectivity index (χ1v) is 16.3. The van der Waals surface area contributed by atoms with Gasteiger partial charge in [-0.1, -0.05) is 6.92 Å². The molecule has 10 nitrogen and oxygen atoms in total. The van der Waals surface area contributed by atoms with Gasteiger partial charge in [0.05, 0.1) is 17.7 Å². The highest BCUT2D eigenvalue weighted by atomic mass is 19.4. The molecule has 0 unspecified atom stereocenters. The van der Waals surface area contributed by atoms with Crippen molar-refractivity contribution < 1.29 is 17.6 Å². The summed E-state index contributed by atoms with van der Waals surface area (Å²) in [6, 6.07) is 16.0. The summed E-state index contributed by atoms with van der Waals surface area (Å²) in [5, 5.41) is 30.8. The quantitative estimate of drug-likeness (QED) is 0.169. The normalized spacial score (nSPS) is 17.5. The average molecular weight is 666 g/mol. The second-order valence-corrected chi connectivity index (χ2v) is 13.4. The van der Waals surface area contributed by atoms with Crippen LogP contribution < -0.4 is 5.32 Å². The topological polar surface area (TPSA) is 132 Å². The molecule has 250 valence electrons. The molecule has 1 aliphatic carbocycles. The Kier molecular flexibility index (Phi) is 8.33. The van der Waals surface area contributed by atoms with Crippen molar-refractivity contribution in [2.45, 2.75) is 51.7 Å². The van der Waals surface area contributed by atoms with Gasteiger partial charge in [0.25, 0.3) is 0 Å². The Labute approximate surface area is 281 Å². The fraction of sp³-hybridized carbons (Fsp3) is 0.389. The van der Waals surface area contributed by atoms with Crippen LogP contribution in [0.25, 0.3) is 45.2 Å². The molecule has 1 atom stereocenters. The molecular weight excluding hydrogens is 631 g/mol. The van der Waals surface area contributed by atoms with Crippen LogP contribution in [0.5, 0.6) is 0 Å². The predicted molar refractivity (Wildman–Crippen MR) is 176 cm³/mol. The van der Waals surface area contributed by atoms with Gasteiger partial charge in [0.15, 0.2) is 11.4 Å². The van der Waals surface area contributed by atoms with E-state index in [0.717, 1.165) is 44.8 Å². The second-order valence-electron chi connectivity index (χ2n) is 13.4. The van der Waals surface area contributed by atoms with Gasteiger partial charge in [-0.2, -0.15) is 23.7 Å². The predicted octanol–water partition coefficient (Wildman–Crippen LogP) is 7.58. The molecule has 5 aromatic rings. The number of alkyl halides is 3. The number of pyridine rings is 1. The molecule has 4 heterocycles. The van der Waals surface area contributed by atoms with Crippen LogP contribution in [0.2, 0.25) is 0 Å². The Morgan fingerprint density at radius 2 is 1.92 bits per heavy atom. The van der Waals surface area contributed by atoms with Gasteiger partial charge in [0.1, 0.15) is 28.9 Å². The Morgan fingerprint density at radius 3 is 2.61 bits per heavy atom. The summed E-state index contributed by atoms with van der Waals surface area (Å²) < 4.78 is 51.1. The maximum atomic E-state index is 14.5. The van der Waals surface area contributed by atoms with E-state index in [-0.39, 0.29) is 28.1 Å². The number of rotatable bonds is 9. The monoisotopic (exact) mass is 665 g/mol. The molecule has 49 heavy (non-hydrogen) atoms. The van der Waals surface area contributed by atoms with E-state index < -0.39 is 11.7 Å². The number of nitrogens with one attached hydrogen (secondary N) is 1. The highest BCUT2D eigenvalue weighted by Crippen LogP contribution is 2.48. The maximum absolute atomic E-state index is 14.5. The van der Waals surface area contributed by atoms with Gasteiger partial charge in [-0.15, -0.1) is 10.2 Å². The Bertz CT molecular complexity index is 2120. The molecule has 1 saturated heterocycles. The van der Waals surface area contributed by atoms with Gasteiger partial charge in [0, 0.05) is 44.1 Å². The zero-order chi connectivity index (χ0) is 34.3. The lowest BCUT2D eigenvalue weighted by Gasteiger charge is -2.30. The minimum atomic E-state index is -4.66. The molecule has 2 aromatic carbocycles. The van der Waals surface area contributed by atoms with Gasteiger partial charge < -0.3 is 14.3 Å². The first-order chi connectivity index (χ1) is 23.5. The molecule has 3 aromatic heterocycles. The van der Waals surface area contributed by atoms with Crippen LogP contribution in [0, 0.1) is 34.0 Å². The minimum absolute atomic E-state index is 0.0658. The number of oxazole rings is 1. The van der Waals surface area contributed by atoms with E-state index in [1.165, 1.54) is 0 Å². The molecular formula is C36H34F3N9O. The Morgan fingerprint density at radius 1 is 1.08 bits per heavy atom. The third-order valence-corrected chi connectivity index (χ3v) is 9.51. The number of nitriles is 2. The molecule has 0 radical (unpaired) electrons. The summed E-state index contributed by atoms with van der Waals surface area (Å²) >= 11 is 0. The van der Waals surface area contributed by atoms with E-state index in [9.17, 15) is 23.7 Å². The summed E-state index contributed by atoms with van der Waals surface area (Å²) in [6.07, 6.45) is 1.24. The summed E-state index contributed by atoms with van der Waals surface area (Å²) in [7, 11) is 1.81. The number of anilines is 1. The first kappa shape index (κ1) is 32.3. The number of aromatic nitrogens is 5. The van der Waals surface area contributed by atoms with Crippen molar-refractivity contribution in [2.75, 3.05) is 25.0 Å². The number of halogens is 3. The van der Waals surface area contributed by atoms with Crippen molar-refractivity contribution in [1.29, 1.82) is 10.5 Å². The van der Waals surface area contributed by atoms with Crippen molar-refractivity contribution in [2.24, 2.45) is 18.4 Å². The molecule has 7 rings (SSSR count). The molecule has 2 fully saturated rings. The van der Waals surface area contributed by atoms with Crippen molar-refractivity contribution in [3.63, 3.8) is 0 Å². The fourth-order valence-corrected chi connectivity index (χ4v) is 6.69. The molecule has 1 aliphatic heterocycles. The number of hydrogen-bond donors (Lipinski definition) is 1. The zero-order valence-corrected chi connectivity index (χ0v) is 27.2. The molecule has 2 aliphatic rings. The van der Waals surface area contributed by atoms with Gasteiger partial charge >= 0.3 is 6.18 Å². The lowest BCUT2D eigenvalue weighted by atomic mass is 9.96. The highest BCUT2D eigenvalue weighted by Gasteiger charge is 2.42. The van der Waals surface area contributed by atoms with Crippen molar-refractivity contribution in [1.82, 2.24) is 29.6 Å². The third kappa shape index (κ3) is 6.72. The first-order valence-electron chi connectivity index (χ1n) is 16.3. The van der Waals surface area contributed by atoms with Crippen LogP contribution in [-0.2, 0) is 19.8 Å². The van der Waals surface area contributed by atoms with Crippen LogP contribution >= 0.6 is 0 Å². The molecule has 1 N–H and O–H groups in total. The Hall–Kier alpha value is -5.27. The summed E-state index contributed by atoms with van der Waals surface area (Å²) in [6.45, 7) is 4.70. The number of fused-ring (bicyclic) bond motifs is 1. The fourth-order valence-electron chi connectivity index (χ4n) is 6.69. The third-order valence-electron chi connectivity index (χ3n) is 9.51. The van der Waals surface area contributed by atoms with E-state index in [1.54, 1.807) is 41.2 Å². The van der Waals surface area contributed by atoms with Crippen molar-refractivity contribution in [3.8, 4) is 46.2 Å². The van der Waals surface area contributed by atoms with Gasteiger partial charge in [0.2, 0.25) is 5.89 Å². The van der Waals surface area contributed by atoms with Crippen LogP contribution in [0.3, 0.4) is 0 Å². The lowest BCUT2D eigenvalue weighted by Crippen LogP contribution is -2.33. The van der Waals surface area contributed by atoms with Gasteiger partial charge in [-0.25, -0.2) is 9.97 Å². The number of benzene rings is 2. The van der Waals surface area contributed by atoms with E-state index in [1.807, 2.05) is 13.1 Å². The van der Waals surface area contributed by atoms with Gasteiger partial charge in [-0.05, 0) is 97.3 Å². The standard InChI is InChI=1S/C36H34F3N9O/c1-22-4-3-11-48(18-22)19-24-13-28(36(37,38)39)32-29(14-24)45-34(49-32)30-15-25(16-31(44-30)42-20-35(7-8-35)9-10-40)27-12-23(17-41)5-6-26(27)33-46-43-21-47(33)2/h5-6,12-16,21-22H,3-4,7-9,11,18-20H2,1-2H3,(H,42,44)/t22-/m0/s1. The van der Waals surface area contributed by atoms with E-state index >= 15 is 0 Å². The van der Waals surface area contributed by atoms with Crippen LogP contribution in [0.1, 0.15) is 55.7 Å². The van der Waals surface area contributed by atoms with Crippen molar-refractivity contribution in [3.05, 3.63) is 65.5 Å². The highest BCUT2D eigenvalue weighted by molar-refractivity contribution is 5.85. The van der Waals surface area contributed by atoms with Crippen LogP contribution in [0.15, 0.2) is 53.2 Å². The summed E-state index contributed by atoms with van der Waals surface area (Å²) in [5.74, 6) is 1.41.